The number of nitrogens with two attached hydrogens (primary N) is 2. The third kappa shape index (κ3) is 3.04. The van der Waals surface area contributed by atoms with Gasteiger partial charge < -0.3 is 16.6 Å². The molecular formula is C8H12Cl2N2O. The molecule has 74 valence electrons. The Labute approximate surface area is 88.1 Å². The Kier molecular flexibility index (Phi) is 5.10. The van der Waals surface area contributed by atoms with Crippen molar-refractivity contribution in [3.05, 3.63) is 28.8 Å². The fraction of sp³-hybridized carbons (Fsp3) is 0.250. The molecule has 0 heterocycles. The highest BCUT2D eigenvalue weighted by Gasteiger charge is 2.08. The van der Waals surface area contributed by atoms with Gasteiger partial charge in [0.2, 0.25) is 0 Å². The largest absolute Gasteiger partial charge is 0.398 e. The third-order valence-corrected chi connectivity index (χ3v) is 1.88. The fourth-order valence-electron chi connectivity index (χ4n) is 0.965. The van der Waals surface area contributed by atoms with Gasteiger partial charge in [0.15, 0.2) is 0 Å². The summed E-state index contributed by atoms with van der Waals surface area (Å²) in [5.41, 5.74) is 12.4. The molecule has 0 radical (unpaired) electrons. The second-order valence-corrected chi connectivity index (χ2v) is 3.00. The van der Waals surface area contributed by atoms with Crippen LogP contribution in [0.15, 0.2) is 18.2 Å². The number of benzene rings is 1. The van der Waals surface area contributed by atoms with Gasteiger partial charge in [0.05, 0.1) is 12.6 Å². The summed E-state index contributed by atoms with van der Waals surface area (Å²) in [5, 5.41) is 9.35. The zero-order valence-corrected chi connectivity index (χ0v) is 8.48. The first kappa shape index (κ1) is 12.5. The van der Waals surface area contributed by atoms with Gasteiger partial charge in [-0.15, -0.1) is 12.4 Å². The summed E-state index contributed by atoms with van der Waals surface area (Å²) in [7, 11) is 0. The Morgan fingerprint density at radius 1 is 1.46 bits per heavy atom. The Morgan fingerprint density at radius 3 is 2.62 bits per heavy atom. The highest BCUT2D eigenvalue weighted by molar-refractivity contribution is 6.30. The second-order valence-electron chi connectivity index (χ2n) is 2.56. The van der Waals surface area contributed by atoms with Gasteiger partial charge in [-0.1, -0.05) is 11.6 Å². The molecule has 13 heavy (non-hydrogen) atoms. The van der Waals surface area contributed by atoms with Gasteiger partial charge >= 0.3 is 0 Å². The van der Waals surface area contributed by atoms with Crippen molar-refractivity contribution in [3.8, 4) is 0 Å². The lowest BCUT2D eigenvalue weighted by molar-refractivity contribution is 0.268. The Hall–Kier alpha value is -0.480. The minimum atomic E-state index is -0.455. The number of nitrogen functional groups attached to an aromatic ring is 1. The van der Waals surface area contributed by atoms with Crippen LogP contribution in [0.1, 0.15) is 11.6 Å². The molecule has 1 rings (SSSR count). The molecule has 0 bridgehead atoms. The standard InChI is InChI=1S/C8H11ClN2O.ClH/c9-5-1-2-7(10)6(3-5)8(11)4-12;/h1-3,8,12H,4,10-11H2;1H/t8-;/m1./s1. The highest BCUT2D eigenvalue weighted by Crippen LogP contribution is 2.22. The van der Waals surface area contributed by atoms with Crippen LogP contribution in [-0.4, -0.2) is 11.7 Å². The van der Waals surface area contributed by atoms with Crippen LogP contribution in [0.3, 0.4) is 0 Å². The van der Waals surface area contributed by atoms with Gasteiger partial charge in [-0.3, -0.25) is 0 Å². The summed E-state index contributed by atoms with van der Waals surface area (Å²) in [5.74, 6) is 0. The summed E-state index contributed by atoms with van der Waals surface area (Å²) in [6, 6.07) is 4.57. The first-order chi connectivity index (χ1) is 5.65. The number of aliphatic hydroxyl groups is 1. The summed E-state index contributed by atoms with van der Waals surface area (Å²) >= 11 is 5.73. The Morgan fingerprint density at radius 2 is 2.08 bits per heavy atom. The predicted octanol–water partition coefficient (Wildman–Crippen LogP) is 1.34. The molecule has 0 aromatic heterocycles. The second kappa shape index (κ2) is 5.29. The highest BCUT2D eigenvalue weighted by atomic mass is 35.5. The first-order valence-electron chi connectivity index (χ1n) is 3.56. The molecule has 1 aromatic rings. The van der Waals surface area contributed by atoms with Crippen molar-refractivity contribution in [1.82, 2.24) is 0 Å². The molecule has 0 saturated carbocycles. The van der Waals surface area contributed by atoms with Crippen molar-refractivity contribution in [2.45, 2.75) is 6.04 Å². The average Bonchev–Trinajstić information content (AvgIpc) is 2.08. The number of hydrogen-bond acceptors (Lipinski definition) is 3. The normalized spacial score (nSPS) is 11.9. The lowest BCUT2D eigenvalue weighted by Crippen LogP contribution is -2.16. The molecule has 0 spiro atoms. The zero-order chi connectivity index (χ0) is 9.14. The first-order valence-corrected chi connectivity index (χ1v) is 3.94. The molecule has 0 unspecified atom stereocenters. The molecule has 5 N–H and O–H groups in total. The topological polar surface area (TPSA) is 72.3 Å². The van der Waals surface area contributed by atoms with Crippen molar-refractivity contribution >= 4 is 29.7 Å². The van der Waals surface area contributed by atoms with Crippen LogP contribution in [0.2, 0.25) is 5.02 Å². The van der Waals surface area contributed by atoms with E-state index in [9.17, 15) is 0 Å². The van der Waals surface area contributed by atoms with Crippen molar-refractivity contribution in [3.63, 3.8) is 0 Å². The van der Waals surface area contributed by atoms with Crippen molar-refractivity contribution in [2.24, 2.45) is 5.73 Å². The van der Waals surface area contributed by atoms with E-state index in [-0.39, 0.29) is 19.0 Å². The zero-order valence-electron chi connectivity index (χ0n) is 6.90. The molecule has 5 heteroatoms. The van der Waals surface area contributed by atoms with Crippen LogP contribution in [0.5, 0.6) is 0 Å². The third-order valence-electron chi connectivity index (χ3n) is 1.65. The summed E-state index contributed by atoms with van der Waals surface area (Å²) in [6.45, 7) is -0.134. The average molecular weight is 223 g/mol. The molecule has 0 aliphatic carbocycles. The van der Waals surface area contributed by atoms with Crippen LogP contribution in [0, 0.1) is 0 Å². The number of hydrogen-bond donors (Lipinski definition) is 3. The van der Waals surface area contributed by atoms with Gasteiger partial charge in [-0.2, -0.15) is 0 Å². The van der Waals surface area contributed by atoms with Crippen LogP contribution >= 0.6 is 24.0 Å². The molecule has 0 amide bonds. The van der Waals surface area contributed by atoms with Crippen molar-refractivity contribution in [1.29, 1.82) is 0 Å². The maximum absolute atomic E-state index is 8.78. The summed E-state index contributed by atoms with van der Waals surface area (Å²) in [4.78, 5) is 0. The quantitative estimate of drug-likeness (QED) is 0.662. The molecule has 0 saturated heterocycles. The number of anilines is 1. The molecule has 0 aliphatic heterocycles. The van der Waals surface area contributed by atoms with E-state index in [4.69, 9.17) is 28.2 Å². The lowest BCUT2D eigenvalue weighted by Gasteiger charge is -2.11. The monoisotopic (exact) mass is 222 g/mol. The Balaban J connectivity index is 0.00000144. The molecule has 3 nitrogen and oxygen atoms in total. The minimum absolute atomic E-state index is 0. The summed E-state index contributed by atoms with van der Waals surface area (Å²) < 4.78 is 0. The summed E-state index contributed by atoms with van der Waals surface area (Å²) in [6.07, 6.45) is 0. The van der Waals surface area contributed by atoms with Crippen LogP contribution < -0.4 is 11.5 Å². The van der Waals surface area contributed by atoms with Crippen LogP contribution in [0.4, 0.5) is 5.69 Å². The number of rotatable bonds is 2. The fourth-order valence-corrected chi connectivity index (χ4v) is 1.15. The van der Waals surface area contributed by atoms with E-state index < -0.39 is 6.04 Å². The lowest BCUT2D eigenvalue weighted by atomic mass is 10.1. The SMILES string of the molecule is Cl.Nc1ccc(Cl)cc1[C@H](N)CO. The van der Waals surface area contributed by atoms with Crippen molar-refractivity contribution < 1.29 is 5.11 Å². The van der Waals surface area contributed by atoms with Gasteiger partial charge in [0, 0.05) is 10.7 Å². The van der Waals surface area contributed by atoms with E-state index in [1.807, 2.05) is 0 Å². The van der Waals surface area contributed by atoms with Crippen LogP contribution in [0.25, 0.3) is 0 Å². The minimum Gasteiger partial charge on any atom is -0.398 e. The van der Waals surface area contributed by atoms with Crippen molar-refractivity contribution in [2.75, 3.05) is 12.3 Å². The van der Waals surface area contributed by atoms with Gasteiger partial charge in [-0.25, -0.2) is 0 Å². The number of halogens is 2. The maximum Gasteiger partial charge on any atom is 0.0625 e. The maximum atomic E-state index is 8.78. The number of aliphatic hydroxyl groups excluding tert-OH is 1. The van der Waals surface area contributed by atoms with E-state index in [0.29, 0.717) is 16.3 Å². The molecule has 0 aliphatic rings. The Bertz CT molecular complexity index is 281. The molecule has 1 atom stereocenters. The molecule has 0 fully saturated rings. The smallest absolute Gasteiger partial charge is 0.0625 e. The van der Waals surface area contributed by atoms with E-state index >= 15 is 0 Å². The molecular weight excluding hydrogens is 211 g/mol. The van der Waals surface area contributed by atoms with E-state index in [0.717, 1.165) is 0 Å². The van der Waals surface area contributed by atoms with E-state index in [1.165, 1.54) is 0 Å². The van der Waals surface area contributed by atoms with Gasteiger partial charge in [0.1, 0.15) is 0 Å². The predicted molar refractivity (Wildman–Crippen MR) is 57.1 cm³/mol. The molecule has 1 aromatic carbocycles. The van der Waals surface area contributed by atoms with Gasteiger partial charge in [0.25, 0.3) is 0 Å². The van der Waals surface area contributed by atoms with Gasteiger partial charge in [-0.05, 0) is 23.8 Å². The van der Waals surface area contributed by atoms with Crippen LogP contribution in [-0.2, 0) is 0 Å². The van der Waals surface area contributed by atoms with E-state index in [1.54, 1.807) is 18.2 Å². The van der Waals surface area contributed by atoms with E-state index in [2.05, 4.69) is 0 Å².